The summed E-state index contributed by atoms with van der Waals surface area (Å²) in [5.41, 5.74) is 0.202. The summed E-state index contributed by atoms with van der Waals surface area (Å²) in [7, 11) is -2.10. The van der Waals surface area contributed by atoms with E-state index in [1.165, 1.54) is 7.05 Å². The highest BCUT2D eigenvalue weighted by Crippen LogP contribution is 2.39. The lowest BCUT2D eigenvalue weighted by Gasteiger charge is -2.18. The highest BCUT2D eigenvalue weighted by Gasteiger charge is 2.42. The zero-order valence-electron chi connectivity index (χ0n) is 9.60. The number of hydrogen-bond donors (Lipinski definition) is 3. The molecule has 6 heteroatoms. The second-order valence-corrected chi connectivity index (χ2v) is 6.12. The molecule has 0 amide bonds. The van der Waals surface area contributed by atoms with Crippen molar-refractivity contribution in [3.8, 4) is 0 Å². The van der Waals surface area contributed by atoms with Gasteiger partial charge in [-0.15, -0.1) is 0 Å². The number of aliphatic hydroxyl groups is 1. The lowest BCUT2D eigenvalue weighted by atomic mass is 10.2. The summed E-state index contributed by atoms with van der Waals surface area (Å²) in [5.74, 6) is 0. The predicted octanol–water partition coefficient (Wildman–Crippen LogP) is 0.531. The summed E-state index contributed by atoms with van der Waals surface area (Å²) in [6, 6.07) is 6.69. The van der Waals surface area contributed by atoms with Gasteiger partial charge in [-0.1, -0.05) is 12.1 Å². The first-order chi connectivity index (χ1) is 8.03. The third-order valence-corrected chi connectivity index (χ3v) is 4.47. The SMILES string of the molecule is CNS(=O)(=O)c1ccccc1NC1(CO)CC1. The Morgan fingerprint density at radius 2 is 2.00 bits per heavy atom. The number of aliphatic hydroxyl groups excluding tert-OH is 1. The zero-order valence-corrected chi connectivity index (χ0v) is 10.4. The highest BCUT2D eigenvalue weighted by molar-refractivity contribution is 7.89. The fourth-order valence-corrected chi connectivity index (χ4v) is 2.56. The van der Waals surface area contributed by atoms with Crippen LogP contribution in [0.2, 0.25) is 0 Å². The molecule has 1 fully saturated rings. The molecule has 0 radical (unpaired) electrons. The largest absolute Gasteiger partial charge is 0.394 e. The Balaban J connectivity index is 2.35. The van der Waals surface area contributed by atoms with Gasteiger partial charge < -0.3 is 10.4 Å². The van der Waals surface area contributed by atoms with Crippen molar-refractivity contribution in [3.63, 3.8) is 0 Å². The van der Waals surface area contributed by atoms with Crippen molar-refractivity contribution in [3.05, 3.63) is 24.3 Å². The van der Waals surface area contributed by atoms with Gasteiger partial charge in [0.2, 0.25) is 10.0 Å². The van der Waals surface area contributed by atoms with Crippen LogP contribution in [-0.4, -0.2) is 32.7 Å². The van der Waals surface area contributed by atoms with Crippen LogP contribution in [0.25, 0.3) is 0 Å². The molecule has 0 aromatic heterocycles. The fraction of sp³-hybridized carbons (Fsp3) is 0.455. The Labute approximate surface area is 101 Å². The maximum atomic E-state index is 11.8. The quantitative estimate of drug-likeness (QED) is 0.718. The summed E-state index contributed by atoms with van der Waals surface area (Å²) in [6.45, 7) is 0.0148. The van der Waals surface area contributed by atoms with E-state index < -0.39 is 10.0 Å². The molecule has 0 aliphatic heterocycles. The predicted molar refractivity (Wildman–Crippen MR) is 65.4 cm³/mol. The van der Waals surface area contributed by atoms with E-state index in [1.807, 2.05) is 0 Å². The molecule has 1 aliphatic rings. The van der Waals surface area contributed by atoms with E-state index in [0.717, 1.165) is 12.8 Å². The number of rotatable bonds is 5. The van der Waals surface area contributed by atoms with Crippen LogP contribution in [0.4, 0.5) is 5.69 Å². The van der Waals surface area contributed by atoms with Crippen LogP contribution in [0.15, 0.2) is 29.2 Å². The standard InChI is InChI=1S/C11H16N2O3S/c1-12-17(15,16)10-5-3-2-4-9(10)13-11(8-14)6-7-11/h2-5,12-14H,6-8H2,1H3. The lowest BCUT2D eigenvalue weighted by molar-refractivity contribution is 0.266. The molecule has 0 heterocycles. The maximum Gasteiger partial charge on any atom is 0.242 e. The summed E-state index contributed by atoms with van der Waals surface area (Å²) < 4.78 is 25.9. The molecule has 1 aromatic rings. The highest BCUT2D eigenvalue weighted by atomic mass is 32.2. The number of sulfonamides is 1. The second kappa shape index (κ2) is 4.29. The molecular weight excluding hydrogens is 240 g/mol. The van der Waals surface area contributed by atoms with Crippen molar-refractivity contribution in [1.82, 2.24) is 4.72 Å². The van der Waals surface area contributed by atoms with E-state index in [4.69, 9.17) is 0 Å². The first-order valence-corrected chi connectivity index (χ1v) is 6.93. The van der Waals surface area contributed by atoms with E-state index in [0.29, 0.717) is 5.69 Å². The van der Waals surface area contributed by atoms with Crippen molar-refractivity contribution in [2.75, 3.05) is 19.0 Å². The number of hydrogen-bond acceptors (Lipinski definition) is 4. The van der Waals surface area contributed by atoms with Crippen molar-refractivity contribution >= 4 is 15.7 Å². The van der Waals surface area contributed by atoms with Gasteiger partial charge in [0, 0.05) is 0 Å². The van der Waals surface area contributed by atoms with Crippen LogP contribution < -0.4 is 10.0 Å². The molecule has 2 rings (SSSR count). The Morgan fingerprint density at radius 1 is 1.35 bits per heavy atom. The van der Waals surface area contributed by atoms with Gasteiger partial charge in [0.25, 0.3) is 0 Å². The Kier molecular flexibility index (Phi) is 3.11. The van der Waals surface area contributed by atoms with Gasteiger partial charge in [0.15, 0.2) is 0 Å². The van der Waals surface area contributed by atoms with E-state index in [-0.39, 0.29) is 17.0 Å². The Bertz CT molecular complexity index is 509. The Hall–Kier alpha value is -1.11. The smallest absolute Gasteiger partial charge is 0.242 e. The monoisotopic (exact) mass is 256 g/mol. The number of anilines is 1. The summed E-state index contributed by atoms with van der Waals surface area (Å²) in [4.78, 5) is 0.210. The summed E-state index contributed by atoms with van der Waals surface area (Å²) in [5, 5.41) is 12.4. The average molecular weight is 256 g/mol. The van der Waals surface area contributed by atoms with Crippen molar-refractivity contribution in [2.45, 2.75) is 23.3 Å². The third kappa shape index (κ3) is 2.43. The van der Waals surface area contributed by atoms with Crippen LogP contribution in [0.3, 0.4) is 0 Å². The summed E-state index contributed by atoms with van der Waals surface area (Å²) in [6.07, 6.45) is 1.72. The van der Waals surface area contributed by atoms with E-state index in [9.17, 15) is 13.5 Å². The van der Waals surface area contributed by atoms with Gasteiger partial charge in [-0.3, -0.25) is 0 Å². The van der Waals surface area contributed by atoms with Crippen LogP contribution >= 0.6 is 0 Å². The molecule has 17 heavy (non-hydrogen) atoms. The molecule has 0 atom stereocenters. The average Bonchev–Trinajstić information content (AvgIpc) is 3.10. The topological polar surface area (TPSA) is 78.4 Å². The Morgan fingerprint density at radius 3 is 2.53 bits per heavy atom. The first kappa shape index (κ1) is 12.3. The first-order valence-electron chi connectivity index (χ1n) is 5.45. The fourth-order valence-electron chi connectivity index (χ4n) is 1.67. The molecular formula is C11H16N2O3S. The van der Waals surface area contributed by atoms with Crippen LogP contribution in [-0.2, 0) is 10.0 Å². The molecule has 0 saturated heterocycles. The van der Waals surface area contributed by atoms with Gasteiger partial charge >= 0.3 is 0 Å². The van der Waals surface area contributed by atoms with Gasteiger partial charge in [0.05, 0.1) is 17.8 Å². The van der Waals surface area contributed by atoms with E-state index in [1.54, 1.807) is 24.3 Å². The van der Waals surface area contributed by atoms with Crippen molar-refractivity contribution in [2.24, 2.45) is 0 Å². The van der Waals surface area contributed by atoms with Gasteiger partial charge in [-0.2, -0.15) is 0 Å². The molecule has 0 spiro atoms. The molecule has 1 aliphatic carbocycles. The summed E-state index contributed by atoms with van der Waals surface area (Å²) >= 11 is 0. The normalized spacial score (nSPS) is 17.8. The van der Waals surface area contributed by atoms with Crippen LogP contribution in [0.5, 0.6) is 0 Å². The second-order valence-electron chi connectivity index (χ2n) is 4.27. The molecule has 1 aromatic carbocycles. The number of para-hydroxylation sites is 1. The number of benzene rings is 1. The number of nitrogens with one attached hydrogen (secondary N) is 2. The molecule has 5 nitrogen and oxygen atoms in total. The molecule has 0 unspecified atom stereocenters. The van der Waals surface area contributed by atoms with Gasteiger partial charge in [-0.05, 0) is 32.0 Å². The minimum atomic E-state index is -3.48. The maximum absolute atomic E-state index is 11.8. The molecule has 0 bridgehead atoms. The van der Waals surface area contributed by atoms with E-state index in [2.05, 4.69) is 10.0 Å². The van der Waals surface area contributed by atoms with Crippen molar-refractivity contribution in [1.29, 1.82) is 0 Å². The van der Waals surface area contributed by atoms with Gasteiger partial charge in [0.1, 0.15) is 4.90 Å². The molecule has 94 valence electrons. The minimum absolute atomic E-state index is 0.0148. The lowest BCUT2D eigenvalue weighted by Crippen LogP contribution is -2.28. The van der Waals surface area contributed by atoms with Crippen molar-refractivity contribution < 1.29 is 13.5 Å². The molecule has 1 saturated carbocycles. The minimum Gasteiger partial charge on any atom is -0.394 e. The third-order valence-electron chi connectivity index (χ3n) is 3.00. The van der Waals surface area contributed by atoms with Crippen LogP contribution in [0, 0.1) is 0 Å². The van der Waals surface area contributed by atoms with Gasteiger partial charge in [-0.25, -0.2) is 13.1 Å². The van der Waals surface area contributed by atoms with Crippen LogP contribution in [0.1, 0.15) is 12.8 Å². The zero-order chi connectivity index (χ0) is 12.5. The molecule has 3 N–H and O–H groups in total. The van der Waals surface area contributed by atoms with E-state index >= 15 is 0 Å².